The Morgan fingerprint density at radius 1 is 1.14 bits per heavy atom. The lowest BCUT2D eigenvalue weighted by Crippen LogP contribution is -2.45. The minimum atomic E-state index is 0.205. The predicted molar refractivity (Wildman–Crippen MR) is 85.9 cm³/mol. The molecule has 1 aromatic rings. The number of amides is 1. The van der Waals surface area contributed by atoms with Gasteiger partial charge in [-0.3, -0.25) is 4.79 Å². The Kier molecular flexibility index (Phi) is 4.44. The lowest BCUT2D eigenvalue weighted by atomic mass is 10.0. The van der Waals surface area contributed by atoms with Gasteiger partial charge >= 0.3 is 0 Å². The molecule has 2 saturated heterocycles. The van der Waals surface area contributed by atoms with Crippen molar-refractivity contribution in [2.24, 2.45) is 0 Å². The molecule has 0 bridgehead atoms. The summed E-state index contributed by atoms with van der Waals surface area (Å²) in [5.41, 5.74) is 1.97. The summed E-state index contributed by atoms with van der Waals surface area (Å²) in [6.45, 7) is 6.99. The zero-order chi connectivity index (χ0) is 14.7. The van der Waals surface area contributed by atoms with E-state index in [1.807, 2.05) is 18.2 Å². The summed E-state index contributed by atoms with van der Waals surface area (Å²) in [7, 11) is 0. The van der Waals surface area contributed by atoms with Crippen LogP contribution in [0.1, 0.15) is 36.5 Å². The molecule has 2 aliphatic heterocycles. The normalized spacial score (nSPS) is 23.2. The van der Waals surface area contributed by atoms with E-state index in [4.69, 9.17) is 0 Å². The Hall–Kier alpha value is -1.55. The average Bonchev–Trinajstić information content (AvgIpc) is 2.55. The third-order valence-electron chi connectivity index (χ3n) is 4.66. The Labute approximate surface area is 127 Å². The second-order valence-electron chi connectivity index (χ2n) is 6.10. The summed E-state index contributed by atoms with van der Waals surface area (Å²) in [5, 5.41) is 3.37. The SMILES string of the molecule is CC1CCCCN1C(=O)c1ccccc1N1CCNCC1. The van der Waals surface area contributed by atoms with Crippen LogP contribution in [0.3, 0.4) is 0 Å². The van der Waals surface area contributed by atoms with Gasteiger partial charge in [-0.25, -0.2) is 0 Å². The van der Waals surface area contributed by atoms with Crippen molar-refractivity contribution in [3.05, 3.63) is 29.8 Å². The maximum atomic E-state index is 13.0. The highest BCUT2D eigenvalue weighted by Gasteiger charge is 2.27. The Morgan fingerprint density at radius 2 is 1.90 bits per heavy atom. The van der Waals surface area contributed by atoms with Crippen molar-refractivity contribution in [1.82, 2.24) is 10.2 Å². The first kappa shape index (κ1) is 14.4. The number of para-hydroxylation sites is 1. The number of rotatable bonds is 2. The maximum absolute atomic E-state index is 13.0. The van der Waals surface area contributed by atoms with E-state index in [2.05, 4.69) is 28.1 Å². The van der Waals surface area contributed by atoms with Crippen LogP contribution in [-0.4, -0.2) is 49.6 Å². The third kappa shape index (κ3) is 3.05. The molecule has 114 valence electrons. The Balaban J connectivity index is 1.85. The van der Waals surface area contributed by atoms with E-state index in [1.54, 1.807) is 0 Å². The predicted octanol–water partition coefficient (Wildman–Crippen LogP) is 2.11. The minimum Gasteiger partial charge on any atom is -0.368 e. The number of carbonyl (C=O) groups excluding carboxylic acids is 1. The minimum absolute atomic E-state index is 0.205. The van der Waals surface area contributed by atoms with Gasteiger partial charge in [0.2, 0.25) is 0 Å². The van der Waals surface area contributed by atoms with Gasteiger partial charge in [0.25, 0.3) is 5.91 Å². The Bertz CT molecular complexity index is 497. The highest BCUT2D eigenvalue weighted by Crippen LogP contribution is 2.25. The Morgan fingerprint density at radius 3 is 2.67 bits per heavy atom. The topological polar surface area (TPSA) is 35.6 Å². The highest BCUT2D eigenvalue weighted by molar-refractivity contribution is 6.00. The highest BCUT2D eigenvalue weighted by atomic mass is 16.2. The summed E-state index contributed by atoms with van der Waals surface area (Å²) < 4.78 is 0. The molecule has 1 N–H and O–H groups in total. The molecular formula is C17H25N3O. The molecule has 4 nitrogen and oxygen atoms in total. The number of carbonyl (C=O) groups is 1. The molecule has 4 heteroatoms. The zero-order valence-electron chi connectivity index (χ0n) is 12.8. The first-order valence-electron chi connectivity index (χ1n) is 8.13. The summed E-state index contributed by atoms with van der Waals surface area (Å²) in [5.74, 6) is 0.205. The molecule has 0 saturated carbocycles. The van der Waals surface area contributed by atoms with Gasteiger partial charge in [-0.2, -0.15) is 0 Å². The first-order valence-corrected chi connectivity index (χ1v) is 8.13. The molecule has 0 aliphatic carbocycles. The van der Waals surface area contributed by atoms with Gasteiger partial charge < -0.3 is 15.1 Å². The molecular weight excluding hydrogens is 262 g/mol. The molecule has 1 unspecified atom stereocenters. The van der Waals surface area contributed by atoms with Gasteiger partial charge in [-0.15, -0.1) is 0 Å². The van der Waals surface area contributed by atoms with Crippen molar-refractivity contribution in [3.8, 4) is 0 Å². The van der Waals surface area contributed by atoms with Crippen molar-refractivity contribution in [1.29, 1.82) is 0 Å². The van der Waals surface area contributed by atoms with Crippen LogP contribution in [0.4, 0.5) is 5.69 Å². The molecule has 21 heavy (non-hydrogen) atoms. The van der Waals surface area contributed by atoms with Crippen LogP contribution in [0.2, 0.25) is 0 Å². The van der Waals surface area contributed by atoms with E-state index >= 15 is 0 Å². The standard InChI is InChI=1S/C17H25N3O/c1-14-6-4-5-11-20(14)17(21)15-7-2-3-8-16(15)19-12-9-18-10-13-19/h2-3,7-8,14,18H,4-6,9-13H2,1H3. The smallest absolute Gasteiger partial charge is 0.256 e. The molecule has 2 aliphatic rings. The second-order valence-corrected chi connectivity index (χ2v) is 6.10. The number of hydrogen-bond acceptors (Lipinski definition) is 3. The molecule has 1 aromatic carbocycles. The van der Waals surface area contributed by atoms with Crippen molar-refractivity contribution in [2.45, 2.75) is 32.2 Å². The van der Waals surface area contributed by atoms with Crippen molar-refractivity contribution < 1.29 is 4.79 Å². The van der Waals surface area contributed by atoms with E-state index in [0.29, 0.717) is 6.04 Å². The molecule has 1 amide bonds. The van der Waals surface area contributed by atoms with E-state index in [0.717, 1.165) is 56.8 Å². The summed E-state index contributed by atoms with van der Waals surface area (Å²) in [6.07, 6.45) is 3.50. The first-order chi connectivity index (χ1) is 10.3. The molecule has 3 rings (SSSR count). The number of piperazine rings is 1. The lowest BCUT2D eigenvalue weighted by molar-refractivity contribution is 0.0636. The van der Waals surface area contributed by atoms with Gasteiger partial charge in [0.1, 0.15) is 0 Å². The van der Waals surface area contributed by atoms with Crippen molar-refractivity contribution in [2.75, 3.05) is 37.6 Å². The van der Waals surface area contributed by atoms with Crippen LogP contribution in [0.15, 0.2) is 24.3 Å². The fraction of sp³-hybridized carbons (Fsp3) is 0.588. The van der Waals surface area contributed by atoms with Gasteiger partial charge in [-0.05, 0) is 38.3 Å². The van der Waals surface area contributed by atoms with Crippen LogP contribution < -0.4 is 10.2 Å². The van der Waals surface area contributed by atoms with Crippen LogP contribution in [0, 0.1) is 0 Å². The largest absolute Gasteiger partial charge is 0.368 e. The fourth-order valence-corrected chi connectivity index (χ4v) is 3.39. The number of likely N-dealkylation sites (tertiary alicyclic amines) is 1. The number of benzene rings is 1. The van der Waals surface area contributed by atoms with Crippen LogP contribution in [0.5, 0.6) is 0 Å². The van der Waals surface area contributed by atoms with Crippen molar-refractivity contribution >= 4 is 11.6 Å². The number of hydrogen-bond donors (Lipinski definition) is 1. The summed E-state index contributed by atoms with van der Waals surface area (Å²) in [6, 6.07) is 8.46. The van der Waals surface area contributed by atoms with Crippen LogP contribution >= 0.6 is 0 Å². The molecule has 2 fully saturated rings. The molecule has 0 spiro atoms. The van der Waals surface area contributed by atoms with Gasteiger partial charge in [0, 0.05) is 44.5 Å². The molecule has 0 radical (unpaired) electrons. The average molecular weight is 287 g/mol. The van der Waals surface area contributed by atoms with E-state index < -0.39 is 0 Å². The van der Waals surface area contributed by atoms with Crippen LogP contribution in [0.25, 0.3) is 0 Å². The summed E-state index contributed by atoms with van der Waals surface area (Å²) >= 11 is 0. The molecule has 1 atom stereocenters. The zero-order valence-corrected chi connectivity index (χ0v) is 12.8. The number of nitrogens with one attached hydrogen (secondary N) is 1. The fourth-order valence-electron chi connectivity index (χ4n) is 3.39. The number of piperidine rings is 1. The number of nitrogens with zero attached hydrogens (tertiary/aromatic N) is 2. The van der Waals surface area contributed by atoms with Gasteiger partial charge in [0.15, 0.2) is 0 Å². The molecule has 0 aromatic heterocycles. The van der Waals surface area contributed by atoms with Gasteiger partial charge in [0.05, 0.1) is 5.56 Å². The number of anilines is 1. The van der Waals surface area contributed by atoms with Gasteiger partial charge in [-0.1, -0.05) is 12.1 Å². The van der Waals surface area contributed by atoms with E-state index in [9.17, 15) is 4.79 Å². The monoisotopic (exact) mass is 287 g/mol. The third-order valence-corrected chi connectivity index (χ3v) is 4.66. The maximum Gasteiger partial charge on any atom is 0.256 e. The second kappa shape index (κ2) is 6.48. The quantitative estimate of drug-likeness (QED) is 0.905. The lowest BCUT2D eigenvalue weighted by Gasteiger charge is -2.36. The molecule has 2 heterocycles. The van der Waals surface area contributed by atoms with Crippen molar-refractivity contribution in [3.63, 3.8) is 0 Å². The van der Waals surface area contributed by atoms with E-state index in [-0.39, 0.29) is 5.91 Å². The van der Waals surface area contributed by atoms with Crippen LogP contribution in [-0.2, 0) is 0 Å². The van der Waals surface area contributed by atoms with E-state index in [1.165, 1.54) is 6.42 Å². The summed E-state index contributed by atoms with van der Waals surface area (Å²) in [4.78, 5) is 17.3.